The summed E-state index contributed by atoms with van der Waals surface area (Å²) in [6, 6.07) is 0.348. The maximum Gasteiger partial charge on any atom is 0.0644 e. The first-order valence-electron chi connectivity index (χ1n) is 6.35. The van der Waals surface area contributed by atoms with E-state index in [0.29, 0.717) is 6.04 Å². The lowest BCUT2D eigenvalue weighted by atomic mass is 9.98. The van der Waals surface area contributed by atoms with Crippen LogP contribution >= 0.6 is 0 Å². The first kappa shape index (κ1) is 14.0. The second-order valence-corrected chi connectivity index (χ2v) is 4.88. The van der Waals surface area contributed by atoms with Crippen LogP contribution < -0.4 is 5.32 Å². The molecule has 17 heavy (non-hydrogen) atoms. The minimum atomic E-state index is 0.348. The van der Waals surface area contributed by atoms with Crippen molar-refractivity contribution in [1.82, 2.24) is 15.1 Å². The average Bonchev–Trinajstić information content (AvgIpc) is 2.48. The molecule has 0 saturated heterocycles. The molecule has 0 aliphatic rings. The smallest absolute Gasteiger partial charge is 0.0644 e. The zero-order chi connectivity index (χ0) is 13.0. The van der Waals surface area contributed by atoms with Gasteiger partial charge in [0.1, 0.15) is 0 Å². The van der Waals surface area contributed by atoms with Gasteiger partial charge in [0.05, 0.1) is 5.69 Å². The molecule has 96 valence electrons. The van der Waals surface area contributed by atoms with E-state index in [4.69, 9.17) is 0 Å². The van der Waals surface area contributed by atoms with E-state index in [0.717, 1.165) is 25.1 Å². The number of nitrogens with one attached hydrogen (secondary N) is 1. The molecule has 1 unspecified atom stereocenters. The molecule has 0 amide bonds. The van der Waals surface area contributed by atoms with Gasteiger partial charge in [-0.15, -0.1) is 6.58 Å². The predicted octanol–water partition coefficient (Wildman–Crippen LogP) is 3.04. The predicted molar refractivity (Wildman–Crippen MR) is 73.1 cm³/mol. The highest BCUT2D eigenvalue weighted by Gasteiger charge is 2.19. The van der Waals surface area contributed by atoms with E-state index >= 15 is 0 Å². The van der Waals surface area contributed by atoms with Gasteiger partial charge in [0, 0.05) is 24.3 Å². The molecule has 1 atom stereocenters. The largest absolute Gasteiger partial charge is 0.310 e. The van der Waals surface area contributed by atoms with Crippen LogP contribution in [-0.2, 0) is 7.05 Å². The lowest BCUT2D eigenvalue weighted by molar-refractivity contribution is 0.523. The molecule has 0 spiro atoms. The molecule has 1 aromatic rings. The summed E-state index contributed by atoms with van der Waals surface area (Å²) in [6.07, 6.45) is 2.12. The molecule has 0 saturated carbocycles. The van der Waals surface area contributed by atoms with Gasteiger partial charge in [-0.2, -0.15) is 5.10 Å². The number of hydrogen-bond donors (Lipinski definition) is 1. The molecule has 1 N–H and O–H groups in total. The van der Waals surface area contributed by atoms with Crippen molar-refractivity contribution in [3.63, 3.8) is 0 Å². The Kier molecular flexibility index (Phi) is 4.94. The molecule has 1 rings (SSSR count). The summed E-state index contributed by atoms with van der Waals surface area (Å²) in [7, 11) is 2.00. The molecular weight excluding hydrogens is 210 g/mol. The Bertz CT molecular complexity index is 390. The van der Waals surface area contributed by atoms with E-state index in [2.05, 4.69) is 44.7 Å². The number of nitrogens with zero attached hydrogens (tertiary/aromatic N) is 2. The molecule has 3 nitrogen and oxygen atoms in total. The van der Waals surface area contributed by atoms with Crippen molar-refractivity contribution in [1.29, 1.82) is 0 Å². The van der Waals surface area contributed by atoms with Gasteiger partial charge in [0.15, 0.2) is 0 Å². The van der Waals surface area contributed by atoms with Crippen LogP contribution in [0.15, 0.2) is 12.2 Å². The fourth-order valence-corrected chi connectivity index (χ4v) is 2.24. The standard InChI is InChI=1S/C14H25N3/c1-7-8-15-13(9-10(2)3)14-11(4)16-17(6)12(14)5/h13,15H,2,7-9H2,1,3-6H3. The van der Waals surface area contributed by atoms with E-state index in [1.165, 1.54) is 16.8 Å². The van der Waals surface area contributed by atoms with Crippen molar-refractivity contribution in [2.45, 2.75) is 46.6 Å². The second kappa shape index (κ2) is 6.01. The SMILES string of the molecule is C=C(C)CC(NCCC)c1c(C)nn(C)c1C. The Morgan fingerprint density at radius 2 is 2.12 bits per heavy atom. The van der Waals surface area contributed by atoms with Crippen LogP contribution in [0.5, 0.6) is 0 Å². The summed E-state index contributed by atoms with van der Waals surface area (Å²) < 4.78 is 1.96. The van der Waals surface area contributed by atoms with Gasteiger partial charge in [-0.05, 0) is 40.2 Å². The van der Waals surface area contributed by atoms with Gasteiger partial charge in [0.25, 0.3) is 0 Å². The molecule has 0 radical (unpaired) electrons. The third kappa shape index (κ3) is 3.43. The van der Waals surface area contributed by atoms with E-state index in [1.54, 1.807) is 0 Å². The van der Waals surface area contributed by atoms with Crippen LogP contribution in [0.2, 0.25) is 0 Å². The van der Waals surface area contributed by atoms with E-state index in [9.17, 15) is 0 Å². The van der Waals surface area contributed by atoms with Gasteiger partial charge in [0.2, 0.25) is 0 Å². The van der Waals surface area contributed by atoms with E-state index in [-0.39, 0.29) is 0 Å². The third-order valence-electron chi connectivity index (χ3n) is 3.11. The van der Waals surface area contributed by atoms with Crippen molar-refractivity contribution in [2.24, 2.45) is 7.05 Å². The molecule has 3 heteroatoms. The number of rotatable bonds is 6. The normalized spacial score (nSPS) is 12.8. The van der Waals surface area contributed by atoms with Crippen molar-refractivity contribution < 1.29 is 0 Å². The van der Waals surface area contributed by atoms with Gasteiger partial charge in [-0.25, -0.2) is 0 Å². The van der Waals surface area contributed by atoms with Crippen molar-refractivity contribution in [2.75, 3.05) is 6.54 Å². The minimum Gasteiger partial charge on any atom is -0.310 e. The number of aryl methyl sites for hydroxylation is 2. The van der Waals surface area contributed by atoms with Gasteiger partial charge >= 0.3 is 0 Å². The topological polar surface area (TPSA) is 29.9 Å². The molecule has 1 heterocycles. The first-order valence-corrected chi connectivity index (χ1v) is 6.35. The Labute approximate surface area is 105 Å². The van der Waals surface area contributed by atoms with Crippen LogP contribution in [0.3, 0.4) is 0 Å². The lowest BCUT2D eigenvalue weighted by Crippen LogP contribution is -2.23. The molecule has 0 bridgehead atoms. The summed E-state index contributed by atoms with van der Waals surface area (Å²) in [5.41, 5.74) is 4.92. The molecular formula is C14H25N3. The minimum absolute atomic E-state index is 0.348. The Morgan fingerprint density at radius 1 is 1.47 bits per heavy atom. The summed E-state index contributed by atoms with van der Waals surface area (Å²) in [6.45, 7) is 13.6. The fourth-order valence-electron chi connectivity index (χ4n) is 2.24. The number of aromatic nitrogens is 2. The summed E-state index contributed by atoms with van der Waals surface area (Å²) in [4.78, 5) is 0. The Balaban J connectivity index is 2.98. The third-order valence-corrected chi connectivity index (χ3v) is 3.11. The lowest BCUT2D eigenvalue weighted by Gasteiger charge is -2.19. The van der Waals surface area contributed by atoms with Gasteiger partial charge in [-0.1, -0.05) is 12.5 Å². The quantitative estimate of drug-likeness (QED) is 0.768. The maximum absolute atomic E-state index is 4.49. The number of hydrogen-bond acceptors (Lipinski definition) is 2. The maximum atomic E-state index is 4.49. The second-order valence-electron chi connectivity index (χ2n) is 4.88. The van der Waals surface area contributed by atoms with Crippen LogP contribution in [0.1, 0.15) is 49.7 Å². The van der Waals surface area contributed by atoms with Crippen molar-refractivity contribution >= 4 is 0 Å². The van der Waals surface area contributed by atoms with Crippen molar-refractivity contribution in [3.05, 3.63) is 29.1 Å². The summed E-state index contributed by atoms with van der Waals surface area (Å²) >= 11 is 0. The van der Waals surface area contributed by atoms with Crippen LogP contribution in [0.4, 0.5) is 0 Å². The first-order chi connectivity index (χ1) is 7.97. The zero-order valence-electron chi connectivity index (χ0n) is 11.8. The summed E-state index contributed by atoms with van der Waals surface area (Å²) in [5, 5.41) is 8.09. The van der Waals surface area contributed by atoms with Crippen molar-refractivity contribution in [3.8, 4) is 0 Å². The van der Waals surface area contributed by atoms with Crippen LogP contribution in [0, 0.1) is 13.8 Å². The molecule has 0 aliphatic heterocycles. The molecule has 1 aromatic heterocycles. The van der Waals surface area contributed by atoms with Crippen LogP contribution in [0.25, 0.3) is 0 Å². The molecule has 0 fully saturated rings. The summed E-state index contributed by atoms with van der Waals surface area (Å²) in [5.74, 6) is 0. The Hall–Kier alpha value is -1.09. The molecule has 0 aromatic carbocycles. The van der Waals surface area contributed by atoms with Gasteiger partial charge < -0.3 is 5.32 Å². The van der Waals surface area contributed by atoms with Gasteiger partial charge in [-0.3, -0.25) is 4.68 Å². The molecule has 0 aliphatic carbocycles. The highest BCUT2D eigenvalue weighted by molar-refractivity contribution is 5.29. The zero-order valence-corrected chi connectivity index (χ0v) is 11.8. The average molecular weight is 235 g/mol. The van der Waals surface area contributed by atoms with Crippen LogP contribution in [-0.4, -0.2) is 16.3 Å². The van der Waals surface area contributed by atoms with E-state index < -0.39 is 0 Å². The Morgan fingerprint density at radius 3 is 2.53 bits per heavy atom. The monoisotopic (exact) mass is 235 g/mol. The highest BCUT2D eigenvalue weighted by atomic mass is 15.3. The fraction of sp³-hybridized carbons (Fsp3) is 0.643. The highest BCUT2D eigenvalue weighted by Crippen LogP contribution is 2.26. The van der Waals surface area contributed by atoms with E-state index in [1.807, 2.05) is 11.7 Å².